The molecule has 0 bridgehead atoms. The molecular weight excluding hydrogens is 500 g/mol. The van der Waals surface area contributed by atoms with Crippen LogP contribution in [0.3, 0.4) is 0 Å². The van der Waals surface area contributed by atoms with Crippen molar-refractivity contribution in [3.8, 4) is 11.5 Å². The minimum Gasteiger partial charge on any atom is -0.507 e. The summed E-state index contributed by atoms with van der Waals surface area (Å²) in [5, 5.41) is 11.9. The lowest BCUT2D eigenvalue weighted by Gasteiger charge is -2.23. The Hall–Kier alpha value is -4.17. The Kier molecular flexibility index (Phi) is 5.91. The molecule has 2 atom stereocenters. The molecule has 0 aliphatic carbocycles. The van der Waals surface area contributed by atoms with Crippen LogP contribution in [0.4, 0.5) is 5.13 Å². The summed E-state index contributed by atoms with van der Waals surface area (Å²) >= 11 is 1.34. The van der Waals surface area contributed by atoms with Crippen molar-refractivity contribution in [3.05, 3.63) is 88.5 Å². The number of benzene rings is 3. The Morgan fingerprint density at radius 3 is 2.82 bits per heavy atom. The molecule has 1 amide bonds. The van der Waals surface area contributed by atoms with Gasteiger partial charge in [0.05, 0.1) is 28.4 Å². The Morgan fingerprint density at radius 2 is 2.00 bits per heavy atom. The van der Waals surface area contributed by atoms with Crippen LogP contribution in [0.15, 0.2) is 66.2 Å². The van der Waals surface area contributed by atoms with Crippen LogP contribution >= 0.6 is 11.3 Å². The van der Waals surface area contributed by atoms with Gasteiger partial charge in [0, 0.05) is 12.0 Å². The molecule has 1 fully saturated rings. The van der Waals surface area contributed by atoms with Crippen molar-refractivity contribution >= 4 is 44.1 Å². The maximum atomic E-state index is 13.6. The van der Waals surface area contributed by atoms with Gasteiger partial charge in [0.25, 0.3) is 5.78 Å². The van der Waals surface area contributed by atoms with E-state index >= 15 is 0 Å². The predicted octanol–water partition coefficient (Wildman–Crippen LogP) is 5.95. The normalized spacial score (nSPS) is 20.1. The summed E-state index contributed by atoms with van der Waals surface area (Å²) in [7, 11) is 0. The van der Waals surface area contributed by atoms with E-state index in [9.17, 15) is 14.7 Å². The molecular formula is C30H26N2O5S. The van der Waals surface area contributed by atoms with Crippen LogP contribution in [0, 0.1) is 6.92 Å². The standard InChI is InChI=1S/C30H26N2O5S/c1-4-36-21-7-5-6-18(15-21)26-25(27(33)19-9-11-23-20(14-19)13-17(3)37-23)28(34)29(35)32(26)30-31-22-10-8-16(2)12-24(22)38-30/h5-12,14-15,17,26,33H,4,13H2,1-3H3/t17-,26+/m0/s1. The molecule has 0 saturated carbocycles. The minimum absolute atomic E-state index is 0.0194. The number of ketones is 1. The Balaban J connectivity index is 1.54. The van der Waals surface area contributed by atoms with Crippen molar-refractivity contribution in [1.82, 2.24) is 4.98 Å². The minimum atomic E-state index is -0.875. The number of anilines is 1. The molecule has 6 rings (SSSR count). The number of nitrogens with zero attached hydrogens (tertiary/aromatic N) is 2. The highest BCUT2D eigenvalue weighted by atomic mass is 32.1. The molecule has 0 radical (unpaired) electrons. The van der Waals surface area contributed by atoms with E-state index in [0.29, 0.717) is 35.0 Å². The Bertz CT molecular complexity index is 1640. The van der Waals surface area contributed by atoms with Gasteiger partial charge in [-0.05, 0) is 79.9 Å². The second kappa shape index (κ2) is 9.29. The zero-order chi connectivity index (χ0) is 26.6. The first-order chi connectivity index (χ1) is 18.3. The lowest BCUT2D eigenvalue weighted by molar-refractivity contribution is -0.132. The van der Waals surface area contributed by atoms with Crippen molar-refractivity contribution in [2.75, 3.05) is 11.5 Å². The molecule has 4 aromatic rings. The van der Waals surface area contributed by atoms with E-state index in [1.165, 1.54) is 16.2 Å². The number of carbonyl (C=O) groups excluding carboxylic acids is 2. The highest BCUT2D eigenvalue weighted by Crippen LogP contribution is 2.45. The smallest absolute Gasteiger partial charge is 0.301 e. The molecule has 192 valence electrons. The van der Waals surface area contributed by atoms with E-state index in [1.807, 2.05) is 63.2 Å². The monoisotopic (exact) mass is 526 g/mol. The van der Waals surface area contributed by atoms with Crippen molar-refractivity contribution in [3.63, 3.8) is 0 Å². The predicted molar refractivity (Wildman–Crippen MR) is 147 cm³/mol. The third-order valence-corrected chi connectivity index (χ3v) is 7.85. The second-order valence-electron chi connectivity index (χ2n) is 9.60. The second-order valence-corrected chi connectivity index (χ2v) is 10.6. The van der Waals surface area contributed by atoms with Gasteiger partial charge in [-0.2, -0.15) is 0 Å². The van der Waals surface area contributed by atoms with E-state index in [-0.39, 0.29) is 17.4 Å². The average Bonchev–Trinajstić information content (AvgIpc) is 3.56. The van der Waals surface area contributed by atoms with E-state index in [0.717, 1.165) is 27.1 Å². The number of ether oxygens (including phenoxy) is 2. The van der Waals surface area contributed by atoms with Crippen molar-refractivity contribution in [1.29, 1.82) is 0 Å². The lowest BCUT2D eigenvalue weighted by Crippen LogP contribution is -2.29. The molecule has 1 aromatic heterocycles. The van der Waals surface area contributed by atoms with Crippen LogP contribution in [-0.4, -0.2) is 34.5 Å². The molecule has 3 heterocycles. The number of amides is 1. The van der Waals surface area contributed by atoms with E-state index in [4.69, 9.17) is 14.5 Å². The number of aromatic nitrogens is 1. The summed E-state index contributed by atoms with van der Waals surface area (Å²) in [6.45, 7) is 6.33. The first-order valence-electron chi connectivity index (χ1n) is 12.5. The topological polar surface area (TPSA) is 89.0 Å². The number of carbonyl (C=O) groups is 2. The number of hydrogen-bond donors (Lipinski definition) is 1. The number of rotatable bonds is 5. The molecule has 1 saturated heterocycles. The maximum absolute atomic E-state index is 13.6. The van der Waals surface area contributed by atoms with E-state index < -0.39 is 17.7 Å². The van der Waals surface area contributed by atoms with Crippen LogP contribution in [0.5, 0.6) is 11.5 Å². The molecule has 1 N–H and O–H groups in total. The molecule has 2 aliphatic rings. The van der Waals surface area contributed by atoms with Crippen LogP contribution in [-0.2, 0) is 16.0 Å². The lowest BCUT2D eigenvalue weighted by atomic mass is 9.94. The third-order valence-electron chi connectivity index (χ3n) is 6.84. The maximum Gasteiger partial charge on any atom is 0.301 e. The van der Waals surface area contributed by atoms with Crippen LogP contribution in [0.2, 0.25) is 0 Å². The molecule has 2 aliphatic heterocycles. The van der Waals surface area contributed by atoms with Crippen molar-refractivity contribution in [2.24, 2.45) is 0 Å². The Morgan fingerprint density at radius 1 is 1.16 bits per heavy atom. The van der Waals surface area contributed by atoms with Gasteiger partial charge in [-0.25, -0.2) is 4.98 Å². The number of Topliss-reactive ketones (excluding diaryl/α,β-unsaturated/α-hetero) is 1. The van der Waals surface area contributed by atoms with E-state index in [2.05, 4.69) is 0 Å². The summed E-state index contributed by atoms with van der Waals surface area (Å²) in [6.07, 6.45) is 0.743. The number of aryl methyl sites for hydroxylation is 1. The van der Waals surface area contributed by atoms with Crippen LogP contribution in [0.25, 0.3) is 16.0 Å². The molecule has 7 nitrogen and oxygen atoms in total. The molecule has 8 heteroatoms. The first kappa shape index (κ1) is 24.2. The third kappa shape index (κ3) is 4.01. The SMILES string of the molecule is CCOc1cccc([C@@H]2C(=C(O)c3ccc4c(c3)C[C@H](C)O4)C(=O)C(=O)N2c2nc3ccc(C)cc3s2)c1. The highest BCUT2D eigenvalue weighted by Gasteiger charge is 2.48. The van der Waals surface area contributed by atoms with Crippen LogP contribution < -0.4 is 14.4 Å². The summed E-state index contributed by atoms with van der Waals surface area (Å²) in [4.78, 5) is 33.2. The number of aliphatic hydroxyl groups excluding tert-OH is 1. The molecule has 0 spiro atoms. The molecule has 0 unspecified atom stereocenters. The van der Waals surface area contributed by atoms with Gasteiger partial charge in [0.15, 0.2) is 5.13 Å². The fraction of sp³-hybridized carbons (Fsp3) is 0.233. The van der Waals surface area contributed by atoms with E-state index in [1.54, 1.807) is 18.2 Å². The summed E-state index contributed by atoms with van der Waals surface area (Å²) in [6, 6.07) is 17.6. The van der Waals surface area contributed by atoms with Gasteiger partial charge in [0.2, 0.25) is 0 Å². The molecule has 38 heavy (non-hydrogen) atoms. The molecule has 3 aromatic carbocycles. The Labute approximate surface area is 224 Å². The zero-order valence-corrected chi connectivity index (χ0v) is 22.0. The first-order valence-corrected chi connectivity index (χ1v) is 13.4. The number of hydrogen-bond acceptors (Lipinski definition) is 7. The van der Waals surface area contributed by atoms with Gasteiger partial charge < -0.3 is 14.6 Å². The quantitative estimate of drug-likeness (QED) is 0.196. The fourth-order valence-corrected chi connectivity index (χ4v) is 6.22. The van der Waals surface area contributed by atoms with Gasteiger partial charge in [-0.15, -0.1) is 0 Å². The number of aliphatic hydroxyl groups is 1. The highest BCUT2D eigenvalue weighted by molar-refractivity contribution is 7.22. The average molecular weight is 527 g/mol. The fourth-order valence-electron chi connectivity index (χ4n) is 5.13. The summed E-state index contributed by atoms with van der Waals surface area (Å²) in [5.41, 5.74) is 3.89. The number of thiazole rings is 1. The summed E-state index contributed by atoms with van der Waals surface area (Å²) < 4.78 is 12.4. The van der Waals surface area contributed by atoms with Crippen LogP contribution in [0.1, 0.15) is 42.1 Å². The number of fused-ring (bicyclic) bond motifs is 2. The summed E-state index contributed by atoms with van der Waals surface area (Å²) in [5.74, 6) is -0.335. The zero-order valence-electron chi connectivity index (χ0n) is 21.2. The van der Waals surface area contributed by atoms with Gasteiger partial charge >= 0.3 is 5.91 Å². The van der Waals surface area contributed by atoms with Gasteiger partial charge in [-0.1, -0.05) is 29.5 Å². The van der Waals surface area contributed by atoms with Gasteiger partial charge in [-0.3, -0.25) is 14.5 Å². The van der Waals surface area contributed by atoms with Crippen molar-refractivity contribution < 1.29 is 24.2 Å². The largest absolute Gasteiger partial charge is 0.507 e. The van der Waals surface area contributed by atoms with Gasteiger partial charge in [0.1, 0.15) is 23.4 Å². The van der Waals surface area contributed by atoms with Crippen molar-refractivity contribution in [2.45, 2.75) is 39.3 Å².